The highest BCUT2D eigenvalue weighted by Gasteiger charge is 2.22. The lowest BCUT2D eigenvalue weighted by Gasteiger charge is -2.20. The molecule has 110 valence electrons. The largest absolute Gasteiger partial charge is 0.478 e. The van der Waals surface area contributed by atoms with Crippen LogP contribution in [-0.2, 0) is 0 Å². The monoisotopic (exact) mass is 285 g/mol. The number of halogens is 2. The predicted molar refractivity (Wildman–Crippen MR) is 69.7 cm³/mol. The van der Waals surface area contributed by atoms with Crippen molar-refractivity contribution < 1.29 is 23.5 Å². The van der Waals surface area contributed by atoms with Crippen molar-refractivity contribution in [2.24, 2.45) is 5.92 Å². The summed E-state index contributed by atoms with van der Waals surface area (Å²) in [6.45, 7) is 5.65. The van der Waals surface area contributed by atoms with Crippen LogP contribution in [0.3, 0.4) is 0 Å². The van der Waals surface area contributed by atoms with Gasteiger partial charge >= 0.3 is 5.97 Å². The summed E-state index contributed by atoms with van der Waals surface area (Å²) in [5.74, 6) is -4.58. The molecular weight excluding hydrogens is 268 g/mol. The SMILES string of the molecule is CCC(C)C(C)NC(=O)c1cc(F)c(F)cc1C(=O)O. The van der Waals surface area contributed by atoms with E-state index < -0.39 is 29.1 Å². The van der Waals surface area contributed by atoms with E-state index in [-0.39, 0.29) is 17.5 Å². The van der Waals surface area contributed by atoms with E-state index in [1.54, 1.807) is 6.92 Å². The summed E-state index contributed by atoms with van der Waals surface area (Å²) in [6.07, 6.45) is 0.824. The second-order valence-corrected chi connectivity index (χ2v) is 4.76. The van der Waals surface area contributed by atoms with Crippen LogP contribution < -0.4 is 5.32 Å². The summed E-state index contributed by atoms with van der Waals surface area (Å²) in [5.41, 5.74) is -0.940. The normalized spacial score (nSPS) is 13.7. The van der Waals surface area contributed by atoms with Gasteiger partial charge in [-0.2, -0.15) is 0 Å². The zero-order valence-corrected chi connectivity index (χ0v) is 11.5. The van der Waals surface area contributed by atoms with Gasteiger partial charge < -0.3 is 10.4 Å². The maximum atomic E-state index is 13.2. The first-order valence-electron chi connectivity index (χ1n) is 6.31. The minimum absolute atomic E-state index is 0.178. The number of carbonyl (C=O) groups is 2. The molecule has 0 aromatic heterocycles. The maximum Gasteiger partial charge on any atom is 0.336 e. The van der Waals surface area contributed by atoms with Crippen LogP contribution in [0.15, 0.2) is 12.1 Å². The van der Waals surface area contributed by atoms with Crippen LogP contribution in [0.1, 0.15) is 47.9 Å². The Morgan fingerprint density at radius 3 is 2.15 bits per heavy atom. The Balaban J connectivity index is 3.09. The predicted octanol–water partition coefficient (Wildman–Crippen LogP) is 2.83. The molecule has 0 radical (unpaired) electrons. The molecule has 0 aliphatic rings. The van der Waals surface area contributed by atoms with Gasteiger partial charge in [-0.25, -0.2) is 13.6 Å². The Morgan fingerprint density at radius 2 is 1.70 bits per heavy atom. The van der Waals surface area contributed by atoms with Gasteiger partial charge in [-0.3, -0.25) is 4.79 Å². The summed E-state index contributed by atoms with van der Waals surface area (Å²) < 4.78 is 26.3. The second-order valence-electron chi connectivity index (χ2n) is 4.76. The van der Waals surface area contributed by atoms with E-state index in [0.29, 0.717) is 12.1 Å². The smallest absolute Gasteiger partial charge is 0.336 e. The third-order valence-electron chi connectivity index (χ3n) is 3.39. The molecule has 1 rings (SSSR count). The Morgan fingerprint density at radius 1 is 1.20 bits per heavy atom. The Labute approximate surface area is 115 Å². The van der Waals surface area contributed by atoms with Crippen molar-refractivity contribution >= 4 is 11.9 Å². The molecule has 20 heavy (non-hydrogen) atoms. The second kappa shape index (κ2) is 6.45. The van der Waals surface area contributed by atoms with E-state index in [1.165, 1.54) is 0 Å². The molecule has 0 bridgehead atoms. The molecule has 0 saturated carbocycles. The van der Waals surface area contributed by atoms with E-state index in [4.69, 9.17) is 5.11 Å². The number of aromatic carboxylic acids is 1. The van der Waals surface area contributed by atoms with Crippen molar-refractivity contribution in [1.82, 2.24) is 5.32 Å². The van der Waals surface area contributed by atoms with E-state index in [9.17, 15) is 18.4 Å². The lowest BCUT2D eigenvalue weighted by atomic mass is 9.99. The summed E-state index contributed by atoms with van der Waals surface area (Å²) in [5, 5.41) is 11.5. The molecule has 0 aliphatic carbocycles. The molecule has 0 saturated heterocycles. The molecule has 2 atom stereocenters. The minimum atomic E-state index is -1.48. The van der Waals surface area contributed by atoms with Crippen LogP contribution >= 0.6 is 0 Å². The van der Waals surface area contributed by atoms with Crippen molar-refractivity contribution in [3.63, 3.8) is 0 Å². The quantitative estimate of drug-likeness (QED) is 0.874. The average molecular weight is 285 g/mol. The van der Waals surface area contributed by atoms with Gasteiger partial charge in [0.15, 0.2) is 11.6 Å². The van der Waals surface area contributed by atoms with Crippen LogP contribution in [0.4, 0.5) is 8.78 Å². The number of benzene rings is 1. The first kappa shape index (κ1) is 16.1. The summed E-state index contributed by atoms with van der Waals surface area (Å²) in [7, 11) is 0. The molecule has 2 N–H and O–H groups in total. The van der Waals surface area contributed by atoms with Crippen molar-refractivity contribution in [3.8, 4) is 0 Å². The molecular formula is C14H17F2NO3. The van der Waals surface area contributed by atoms with Crippen LogP contribution in [-0.4, -0.2) is 23.0 Å². The average Bonchev–Trinajstić information content (AvgIpc) is 2.39. The van der Waals surface area contributed by atoms with Gasteiger partial charge in [-0.15, -0.1) is 0 Å². The van der Waals surface area contributed by atoms with Gasteiger partial charge in [0, 0.05) is 6.04 Å². The first-order valence-corrected chi connectivity index (χ1v) is 6.31. The highest BCUT2D eigenvalue weighted by Crippen LogP contribution is 2.16. The number of nitrogens with one attached hydrogen (secondary N) is 1. The molecule has 1 aromatic carbocycles. The first-order chi connectivity index (χ1) is 9.27. The number of amides is 1. The van der Waals surface area contributed by atoms with Crippen LogP contribution in [0, 0.1) is 17.6 Å². The van der Waals surface area contributed by atoms with Crippen molar-refractivity contribution in [3.05, 3.63) is 34.9 Å². The number of carboxylic acids is 1. The topological polar surface area (TPSA) is 66.4 Å². The number of hydrogen-bond donors (Lipinski definition) is 2. The molecule has 0 aliphatic heterocycles. The molecule has 1 aromatic rings. The van der Waals surface area contributed by atoms with E-state index in [1.807, 2.05) is 13.8 Å². The zero-order chi connectivity index (χ0) is 15.4. The number of carbonyl (C=O) groups excluding carboxylic acids is 1. The molecule has 0 spiro atoms. The van der Waals surface area contributed by atoms with Gasteiger partial charge in [-0.1, -0.05) is 20.3 Å². The van der Waals surface area contributed by atoms with Crippen LogP contribution in [0.2, 0.25) is 0 Å². The van der Waals surface area contributed by atoms with Gasteiger partial charge in [0.1, 0.15) is 0 Å². The van der Waals surface area contributed by atoms with Crippen molar-refractivity contribution in [2.75, 3.05) is 0 Å². The number of hydrogen-bond acceptors (Lipinski definition) is 2. The molecule has 2 unspecified atom stereocenters. The van der Waals surface area contributed by atoms with E-state index in [2.05, 4.69) is 5.32 Å². The molecule has 4 nitrogen and oxygen atoms in total. The maximum absolute atomic E-state index is 13.2. The van der Waals surface area contributed by atoms with Crippen molar-refractivity contribution in [1.29, 1.82) is 0 Å². The fourth-order valence-corrected chi connectivity index (χ4v) is 1.69. The van der Waals surface area contributed by atoms with E-state index >= 15 is 0 Å². The molecule has 6 heteroatoms. The molecule has 0 fully saturated rings. The fourth-order valence-electron chi connectivity index (χ4n) is 1.69. The fraction of sp³-hybridized carbons (Fsp3) is 0.429. The summed E-state index contributed by atoms with van der Waals surface area (Å²) in [4.78, 5) is 23.0. The lowest BCUT2D eigenvalue weighted by Crippen LogP contribution is -2.37. The third-order valence-corrected chi connectivity index (χ3v) is 3.39. The van der Waals surface area contributed by atoms with Crippen LogP contribution in [0.25, 0.3) is 0 Å². The third kappa shape index (κ3) is 3.53. The van der Waals surface area contributed by atoms with E-state index in [0.717, 1.165) is 6.42 Å². The van der Waals surface area contributed by atoms with Crippen LogP contribution in [0.5, 0.6) is 0 Å². The lowest BCUT2D eigenvalue weighted by molar-refractivity contribution is 0.0689. The highest BCUT2D eigenvalue weighted by molar-refractivity contribution is 6.04. The summed E-state index contributed by atoms with van der Waals surface area (Å²) >= 11 is 0. The Hall–Kier alpha value is -1.98. The number of rotatable bonds is 5. The van der Waals surface area contributed by atoms with Crippen molar-refractivity contribution in [2.45, 2.75) is 33.2 Å². The Kier molecular flexibility index (Phi) is 5.19. The molecule has 0 heterocycles. The molecule has 1 amide bonds. The van der Waals surface area contributed by atoms with Gasteiger partial charge in [0.05, 0.1) is 11.1 Å². The summed E-state index contributed by atoms with van der Waals surface area (Å²) in [6, 6.07) is 0.917. The van der Waals surface area contributed by atoms with Gasteiger partial charge in [0.25, 0.3) is 5.91 Å². The Bertz CT molecular complexity index is 531. The van der Waals surface area contributed by atoms with Gasteiger partial charge in [0.2, 0.25) is 0 Å². The minimum Gasteiger partial charge on any atom is -0.478 e. The zero-order valence-electron chi connectivity index (χ0n) is 11.5. The van der Waals surface area contributed by atoms with Gasteiger partial charge in [-0.05, 0) is 25.0 Å². The highest BCUT2D eigenvalue weighted by atomic mass is 19.2. The standard InChI is InChI=1S/C14H17F2NO3/c1-4-7(2)8(3)17-13(18)9-5-11(15)12(16)6-10(9)14(19)20/h5-8H,4H2,1-3H3,(H,17,18)(H,19,20). The number of carboxylic acid groups (broad SMARTS) is 1.